The quantitative estimate of drug-likeness (QED) is 0.646. The molecule has 1 aromatic rings. The van der Waals surface area contributed by atoms with E-state index in [1.165, 1.54) is 0 Å². The number of ether oxygens (including phenoxy) is 1. The highest BCUT2D eigenvalue weighted by atomic mass is 16.6. The molecule has 0 saturated carbocycles. The fourth-order valence-electron chi connectivity index (χ4n) is 1.76. The smallest absolute Gasteiger partial charge is 0.333 e. The molecule has 4 nitrogen and oxygen atoms in total. The van der Waals surface area contributed by atoms with Gasteiger partial charge in [0.1, 0.15) is 11.6 Å². The first-order valence-corrected chi connectivity index (χ1v) is 7.59. The maximum Gasteiger partial charge on any atom is 0.333 e. The summed E-state index contributed by atoms with van der Waals surface area (Å²) in [5.41, 5.74) is -0.0780. The van der Waals surface area contributed by atoms with Crippen LogP contribution in [0.3, 0.4) is 0 Å². The molecule has 22 heavy (non-hydrogen) atoms. The second kappa shape index (κ2) is 8.37. The normalized spacial score (nSPS) is 12.9. The monoisotopic (exact) mass is 303 g/mol. The Morgan fingerprint density at radius 1 is 1.23 bits per heavy atom. The number of carbonyl (C=O) groups is 2. The second-order valence-electron chi connectivity index (χ2n) is 6.07. The van der Waals surface area contributed by atoms with E-state index in [4.69, 9.17) is 4.74 Å². The first kappa shape index (κ1) is 18.0. The van der Waals surface area contributed by atoms with E-state index in [0.717, 1.165) is 12.8 Å². The third kappa shape index (κ3) is 6.57. The molecule has 0 aliphatic heterocycles. The Morgan fingerprint density at radius 3 is 2.41 bits per heavy atom. The average Bonchev–Trinajstić information content (AvgIpc) is 2.45. The van der Waals surface area contributed by atoms with E-state index in [1.54, 1.807) is 51.1 Å². The number of amides is 1. The van der Waals surface area contributed by atoms with Crippen molar-refractivity contribution in [1.29, 1.82) is 0 Å². The zero-order chi connectivity index (χ0) is 16.6. The fourth-order valence-corrected chi connectivity index (χ4v) is 1.76. The molecular formula is C18H25NO3. The summed E-state index contributed by atoms with van der Waals surface area (Å²) in [5, 5.41) is 2.71. The molecule has 0 aromatic heterocycles. The molecule has 1 rings (SSSR count). The number of nitrogens with one attached hydrogen (secondary N) is 1. The van der Waals surface area contributed by atoms with Crippen LogP contribution >= 0.6 is 0 Å². The summed E-state index contributed by atoms with van der Waals surface area (Å²) in [7, 11) is 0. The van der Waals surface area contributed by atoms with Gasteiger partial charge in [0.05, 0.1) is 0 Å². The fraction of sp³-hybridized carbons (Fsp3) is 0.444. The third-order valence-corrected chi connectivity index (χ3v) is 2.77. The van der Waals surface area contributed by atoms with Crippen molar-refractivity contribution in [2.45, 2.75) is 52.2 Å². The lowest BCUT2D eigenvalue weighted by Crippen LogP contribution is -2.43. The third-order valence-electron chi connectivity index (χ3n) is 2.77. The summed E-state index contributed by atoms with van der Waals surface area (Å²) >= 11 is 0. The Labute approximate surface area is 132 Å². The number of hydrogen-bond donors (Lipinski definition) is 1. The van der Waals surface area contributed by atoms with Gasteiger partial charge in [-0.2, -0.15) is 0 Å². The van der Waals surface area contributed by atoms with Crippen molar-refractivity contribution in [2.24, 2.45) is 0 Å². The Bertz CT molecular complexity index is 515. The molecule has 1 amide bonds. The van der Waals surface area contributed by atoms with Crippen molar-refractivity contribution in [3.8, 4) is 0 Å². The molecule has 0 bridgehead atoms. The first-order chi connectivity index (χ1) is 10.3. The van der Waals surface area contributed by atoms with Gasteiger partial charge in [-0.1, -0.05) is 43.7 Å². The van der Waals surface area contributed by atoms with Gasteiger partial charge in [0.15, 0.2) is 0 Å². The maximum absolute atomic E-state index is 12.2. The Balaban J connectivity index is 2.81. The van der Waals surface area contributed by atoms with Crippen LogP contribution < -0.4 is 5.32 Å². The van der Waals surface area contributed by atoms with Crippen LogP contribution in [0.15, 0.2) is 42.5 Å². The van der Waals surface area contributed by atoms with Crippen LogP contribution in [0.2, 0.25) is 0 Å². The summed E-state index contributed by atoms with van der Waals surface area (Å²) in [5.74, 6) is -0.748. The number of benzene rings is 1. The van der Waals surface area contributed by atoms with Crippen molar-refractivity contribution in [3.63, 3.8) is 0 Å². The molecule has 0 fully saturated rings. The number of carbonyl (C=O) groups excluding carboxylic acids is 2. The van der Waals surface area contributed by atoms with Crippen LogP contribution in [0.1, 0.15) is 50.9 Å². The number of hydrogen-bond acceptors (Lipinski definition) is 3. The van der Waals surface area contributed by atoms with Crippen LogP contribution in [-0.2, 0) is 9.53 Å². The van der Waals surface area contributed by atoms with E-state index in [1.807, 2.05) is 12.1 Å². The highest BCUT2D eigenvalue weighted by Gasteiger charge is 2.24. The van der Waals surface area contributed by atoms with Gasteiger partial charge in [-0.25, -0.2) is 4.79 Å². The van der Waals surface area contributed by atoms with Gasteiger partial charge in [-0.15, -0.1) is 0 Å². The zero-order valence-electron chi connectivity index (χ0n) is 13.8. The molecule has 120 valence electrons. The van der Waals surface area contributed by atoms with E-state index in [9.17, 15) is 9.59 Å². The van der Waals surface area contributed by atoms with E-state index in [2.05, 4.69) is 12.2 Å². The van der Waals surface area contributed by atoms with Gasteiger partial charge in [-0.3, -0.25) is 4.79 Å². The van der Waals surface area contributed by atoms with Crippen LogP contribution in [0.25, 0.3) is 0 Å². The van der Waals surface area contributed by atoms with Gasteiger partial charge in [0, 0.05) is 5.56 Å². The number of rotatable bonds is 6. The van der Waals surface area contributed by atoms with Gasteiger partial charge in [-0.05, 0) is 39.3 Å². The number of allylic oxidation sites excluding steroid dienone is 1. The SMILES string of the molecule is CCCC=CC(NC(=O)c1ccccc1)C(=O)OC(C)(C)C. The van der Waals surface area contributed by atoms with Crippen LogP contribution in [0.4, 0.5) is 0 Å². The first-order valence-electron chi connectivity index (χ1n) is 7.59. The maximum atomic E-state index is 12.2. The molecule has 0 spiro atoms. The molecule has 0 aliphatic rings. The molecule has 0 heterocycles. The summed E-state index contributed by atoms with van der Waals surface area (Å²) in [6.45, 7) is 7.46. The molecule has 1 N–H and O–H groups in total. The molecule has 1 atom stereocenters. The molecule has 1 aromatic carbocycles. The number of esters is 1. The van der Waals surface area contributed by atoms with Gasteiger partial charge >= 0.3 is 5.97 Å². The van der Waals surface area contributed by atoms with Crippen molar-refractivity contribution >= 4 is 11.9 Å². The van der Waals surface area contributed by atoms with E-state index >= 15 is 0 Å². The summed E-state index contributed by atoms with van der Waals surface area (Å²) < 4.78 is 5.36. The highest BCUT2D eigenvalue weighted by Crippen LogP contribution is 2.10. The molecule has 0 aliphatic carbocycles. The minimum atomic E-state index is -0.779. The Hall–Kier alpha value is -2.10. The predicted octanol–water partition coefficient (Wildman–Crippen LogP) is 3.48. The lowest BCUT2D eigenvalue weighted by atomic mass is 10.1. The standard InChI is InChI=1S/C18H25NO3/c1-5-6-8-13-15(17(21)22-18(2,3)4)19-16(20)14-11-9-7-10-12-14/h7-13,15H,5-6H2,1-4H3,(H,19,20). The molecular weight excluding hydrogens is 278 g/mol. The van der Waals surface area contributed by atoms with Crippen LogP contribution in [-0.4, -0.2) is 23.5 Å². The van der Waals surface area contributed by atoms with Gasteiger partial charge < -0.3 is 10.1 Å². The predicted molar refractivity (Wildman–Crippen MR) is 87.6 cm³/mol. The van der Waals surface area contributed by atoms with Gasteiger partial charge in [0.25, 0.3) is 5.91 Å². The molecule has 0 saturated heterocycles. The minimum absolute atomic E-state index is 0.294. The van der Waals surface area contributed by atoms with Crippen LogP contribution in [0.5, 0.6) is 0 Å². The highest BCUT2D eigenvalue weighted by molar-refractivity contribution is 5.97. The molecule has 1 unspecified atom stereocenters. The van der Waals surface area contributed by atoms with E-state index in [-0.39, 0.29) is 5.91 Å². The van der Waals surface area contributed by atoms with Crippen molar-refractivity contribution in [2.75, 3.05) is 0 Å². The largest absolute Gasteiger partial charge is 0.458 e. The topological polar surface area (TPSA) is 55.4 Å². The Morgan fingerprint density at radius 2 is 1.86 bits per heavy atom. The summed E-state index contributed by atoms with van der Waals surface area (Å²) in [6.07, 6.45) is 5.41. The lowest BCUT2D eigenvalue weighted by molar-refractivity contribution is -0.155. The lowest BCUT2D eigenvalue weighted by Gasteiger charge is -2.23. The number of unbranched alkanes of at least 4 members (excludes halogenated alkanes) is 1. The molecule has 4 heteroatoms. The summed E-state index contributed by atoms with van der Waals surface area (Å²) in [6, 6.07) is 8.03. The minimum Gasteiger partial charge on any atom is -0.458 e. The van der Waals surface area contributed by atoms with E-state index in [0.29, 0.717) is 5.56 Å². The average molecular weight is 303 g/mol. The van der Waals surface area contributed by atoms with Crippen molar-refractivity contribution in [3.05, 3.63) is 48.0 Å². The Kier molecular flexibility index (Phi) is 6.83. The second-order valence-corrected chi connectivity index (χ2v) is 6.07. The van der Waals surface area contributed by atoms with Crippen LogP contribution in [0, 0.1) is 0 Å². The summed E-state index contributed by atoms with van der Waals surface area (Å²) in [4.78, 5) is 24.4. The van der Waals surface area contributed by atoms with Crippen molar-refractivity contribution in [1.82, 2.24) is 5.32 Å². The van der Waals surface area contributed by atoms with E-state index < -0.39 is 17.6 Å². The molecule has 0 radical (unpaired) electrons. The van der Waals surface area contributed by atoms with Crippen molar-refractivity contribution < 1.29 is 14.3 Å². The van der Waals surface area contributed by atoms with Gasteiger partial charge in [0.2, 0.25) is 0 Å². The zero-order valence-corrected chi connectivity index (χ0v) is 13.8.